The summed E-state index contributed by atoms with van der Waals surface area (Å²) in [6.45, 7) is 2.69. The number of amides is 2. The van der Waals surface area contributed by atoms with E-state index >= 15 is 0 Å². The molecule has 0 aliphatic rings. The smallest absolute Gasteiger partial charge is 0.294 e. The lowest BCUT2D eigenvalue weighted by Crippen LogP contribution is -2.30. The number of nitrogens with one attached hydrogen (secondary N) is 1. The third-order valence-corrected chi connectivity index (χ3v) is 5.43. The maximum atomic E-state index is 13.2. The first-order chi connectivity index (χ1) is 16.5. The van der Waals surface area contributed by atoms with Crippen LogP contribution in [-0.4, -0.2) is 11.8 Å². The van der Waals surface area contributed by atoms with E-state index < -0.39 is 0 Å². The average molecular weight is 457 g/mol. The number of anilines is 1. The highest BCUT2D eigenvalue weighted by Gasteiger charge is 2.21. The predicted octanol–water partition coefficient (Wildman–Crippen LogP) is 5.43. The average Bonchev–Trinajstić information content (AvgIpc) is 3.38. The molecule has 0 spiro atoms. The van der Waals surface area contributed by atoms with Gasteiger partial charge in [0.25, 0.3) is 5.91 Å². The second-order valence-corrected chi connectivity index (χ2v) is 8.10. The molecule has 34 heavy (non-hydrogen) atoms. The van der Waals surface area contributed by atoms with E-state index in [1.54, 1.807) is 29.2 Å². The highest BCUT2D eigenvalue weighted by Crippen LogP contribution is 2.22. The third-order valence-electron chi connectivity index (χ3n) is 5.43. The molecule has 1 N–H and O–H groups in total. The van der Waals surface area contributed by atoms with Crippen LogP contribution in [0.15, 0.2) is 95.6 Å². The summed E-state index contributed by atoms with van der Waals surface area (Å²) < 4.78 is 18.4. The van der Waals surface area contributed by atoms with Crippen LogP contribution in [0, 0.1) is 12.7 Å². The van der Waals surface area contributed by atoms with Crippen molar-refractivity contribution in [3.05, 3.63) is 125 Å². The van der Waals surface area contributed by atoms with Crippen molar-refractivity contribution in [2.75, 3.05) is 4.90 Å². The Balaban J connectivity index is 1.50. The molecule has 0 unspecified atom stereocenters. The Morgan fingerprint density at radius 1 is 0.882 bits per heavy atom. The number of nitrogens with zero attached hydrogens (tertiary/aromatic N) is 1. The van der Waals surface area contributed by atoms with E-state index in [-0.39, 0.29) is 29.8 Å². The van der Waals surface area contributed by atoms with Gasteiger partial charge in [0, 0.05) is 12.2 Å². The maximum absolute atomic E-state index is 13.2. The van der Waals surface area contributed by atoms with Crippen molar-refractivity contribution in [1.29, 1.82) is 0 Å². The van der Waals surface area contributed by atoms with Crippen LogP contribution in [0.3, 0.4) is 0 Å². The summed E-state index contributed by atoms with van der Waals surface area (Å²) in [7, 11) is 0. The first-order valence-corrected chi connectivity index (χ1v) is 11.0. The number of carbonyl (C=O) groups excluding carboxylic acids is 2. The van der Waals surface area contributed by atoms with E-state index in [0.717, 1.165) is 22.3 Å². The zero-order valence-electron chi connectivity index (χ0n) is 18.8. The van der Waals surface area contributed by atoms with Crippen LogP contribution < -0.4 is 10.2 Å². The molecular weight excluding hydrogens is 431 g/mol. The van der Waals surface area contributed by atoms with Gasteiger partial charge in [0.2, 0.25) is 5.91 Å². The van der Waals surface area contributed by atoms with E-state index in [4.69, 9.17) is 4.42 Å². The molecule has 4 rings (SSSR count). The molecule has 3 aromatic carbocycles. The van der Waals surface area contributed by atoms with Gasteiger partial charge in [-0.25, -0.2) is 4.39 Å². The lowest BCUT2D eigenvalue weighted by molar-refractivity contribution is -0.120. The van der Waals surface area contributed by atoms with Gasteiger partial charge >= 0.3 is 0 Å². The number of hydrogen-bond acceptors (Lipinski definition) is 3. The Bertz CT molecular complexity index is 1250. The lowest BCUT2D eigenvalue weighted by atomic mass is 10.1. The summed E-state index contributed by atoms with van der Waals surface area (Å²) in [5.74, 6) is -0.492. The van der Waals surface area contributed by atoms with Crippen molar-refractivity contribution in [3.8, 4) is 0 Å². The number of benzene rings is 3. The molecule has 0 aliphatic carbocycles. The monoisotopic (exact) mass is 456 g/mol. The van der Waals surface area contributed by atoms with Crippen molar-refractivity contribution < 1.29 is 18.4 Å². The highest BCUT2D eigenvalue weighted by molar-refractivity contribution is 6.04. The molecule has 2 amide bonds. The fourth-order valence-electron chi connectivity index (χ4n) is 3.57. The van der Waals surface area contributed by atoms with E-state index in [9.17, 15) is 14.0 Å². The largest absolute Gasteiger partial charge is 0.459 e. The van der Waals surface area contributed by atoms with Crippen LogP contribution in [0.4, 0.5) is 10.1 Å². The fraction of sp³-hybridized carbons (Fsp3) is 0.143. The SMILES string of the molecule is Cc1ccc(CN(C(=O)c2ccco2)c2cccc(CC(=O)NCc3ccc(F)cc3)c2)cc1. The second kappa shape index (κ2) is 10.6. The van der Waals surface area contributed by atoms with Gasteiger partial charge in [0.15, 0.2) is 5.76 Å². The van der Waals surface area contributed by atoms with Gasteiger partial charge in [-0.3, -0.25) is 9.59 Å². The third kappa shape index (κ3) is 5.98. The minimum Gasteiger partial charge on any atom is -0.459 e. The number of halogens is 1. The van der Waals surface area contributed by atoms with Crippen LogP contribution in [0.1, 0.15) is 32.8 Å². The second-order valence-electron chi connectivity index (χ2n) is 8.10. The molecular formula is C28H25FN2O3. The summed E-state index contributed by atoms with van der Waals surface area (Å²) >= 11 is 0. The van der Waals surface area contributed by atoms with Crippen molar-refractivity contribution in [3.63, 3.8) is 0 Å². The summed E-state index contributed by atoms with van der Waals surface area (Å²) in [5, 5.41) is 2.85. The summed E-state index contributed by atoms with van der Waals surface area (Å²) in [5.41, 5.74) is 4.38. The molecule has 0 saturated heterocycles. The molecule has 0 bridgehead atoms. The van der Waals surface area contributed by atoms with Crippen LogP contribution in [0.5, 0.6) is 0 Å². The molecule has 0 aliphatic heterocycles. The maximum Gasteiger partial charge on any atom is 0.294 e. The highest BCUT2D eigenvalue weighted by atomic mass is 19.1. The molecule has 0 atom stereocenters. The molecule has 1 heterocycles. The van der Waals surface area contributed by atoms with E-state index in [1.165, 1.54) is 18.4 Å². The topological polar surface area (TPSA) is 62.6 Å². The fourth-order valence-corrected chi connectivity index (χ4v) is 3.57. The molecule has 172 valence electrons. The van der Waals surface area contributed by atoms with Crippen LogP contribution in [0.25, 0.3) is 0 Å². The summed E-state index contributed by atoms with van der Waals surface area (Å²) in [6.07, 6.45) is 1.63. The standard InChI is InChI=1S/C28H25FN2O3/c1-20-7-9-22(10-8-20)19-31(28(33)26-6-3-15-34-26)25-5-2-4-23(16-25)17-27(32)30-18-21-11-13-24(29)14-12-21/h2-16H,17-19H2,1H3,(H,30,32). The lowest BCUT2D eigenvalue weighted by Gasteiger charge is -2.23. The molecule has 1 aromatic heterocycles. The minimum atomic E-state index is -0.314. The van der Waals surface area contributed by atoms with E-state index in [2.05, 4.69) is 5.32 Å². The molecule has 0 fully saturated rings. The van der Waals surface area contributed by atoms with Crippen molar-refractivity contribution in [2.45, 2.75) is 26.4 Å². The van der Waals surface area contributed by atoms with Gasteiger partial charge in [-0.15, -0.1) is 0 Å². The van der Waals surface area contributed by atoms with E-state index in [0.29, 0.717) is 18.8 Å². The molecule has 6 heteroatoms. The molecule has 0 radical (unpaired) electrons. The Hall–Kier alpha value is -4.19. The van der Waals surface area contributed by atoms with Crippen LogP contribution in [-0.2, 0) is 24.3 Å². The quantitative estimate of drug-likeness (QED) is 0.384. The Kier molecular flexibility index (Phi) is 7.18. The van der Waals surface area contributed by atoms with Gasteiger partial charge < -0.3 is 14.6 Å². The van der Waals surface area contributed by atoms with Gasteiger partial charge in [-0.2, -0.15) is 0 Å². The van der Waals surface area contributed by atoms with Crippen molar-refractivity contribution >= 4 is 17.5 Å². The summed E-state index contributed by atoms with van der Waals surface area (Å²) in [6, 6.07) is 24.7. The van der Waals surface area contributed by atoms with Crippen molar-refractivity contribution in [1.82, 2.24) is 5.32 Å². The van der Waals surface area contributed by atoms with Gasteiger partial charge in [-0.1, -0.05) is 54.1 Å². The van der Waals surface area contributed by atoms with Gasteiger partial charge in [0.1, 0.15) is 5.82 Å². The van der Waals surface area contributed by atoms with Crippen LogP contribution in [0.2, 0.25) is 0 Å². The Morgan fingerprint density at radius 3 is 2.32 bits per heavy atom. The molecule has 0 saturated carbocycles. The predicted molar refractivity (Wildman–Crippen MR) is 129 cm³/mol. The number of rotatable bonds is 8. The van der Waals surface area contributed by atoms with Gasteiger partial charge in [0.05, 0.1) is 19.2 Å². The zero-order valence-corrected chi connectivity index (χ0v) is 18.8. The molecule has 5 nitrogen and oxygen atoms in total. The van der Waals surface area contributed by atoms with Gasteiger partial charge in [-0.05, 0) is 60.0 Å². The first-order valence-electron chi connectivity index (χ1n) is 11.0. The van der Waals surface area contributed by atoms with Crippen LogP contribution >= 0.6 is 0 Å². The number of carbonyl (C=O) groups is 2. The Labute approximate surface area is 197 Å². The number of furan rings is 1. The number of hydrogen-bond donors (Lipinski definition) is 1. The number of aryl methyl sites for hydroxylation is 1. The summed E-state index contributed by atoms with van der Waals surface area (Å²) in [4.78, 5) is 27.4. The van der Waals surface area contributed by atoms with Crippen molar-refractivity contribution in [2.24, 2.45) is 0 Å². The minimum absolute atomic E-state index is 0.155. The normalized spacial score (nSPS) is 10.6. The zero-order chi connectivity index (χ0) is 23.9. The molecule has 4 aromatic rings. The first kappa shape index (κ1) is 23.0. The van der Waals surface area contributed by atoms with E-state index in [1.807, 2.05) is 55.5 Å². The Morgan fingerprint density at radius 2 is 1.62 bits per heavy atom.